The van der Waals surface area contributed by atoms with E-state index in [1.807, 2.05) is 33.8 Å². The molecule has 586 valence electrons. The van der Waals surface area contributed by atoms with Gasteiger partial charge in [0, 0.05) is 18.4 Å². The maximum absolute atomic E-state index is 16.4. The standard InChI is InChI=1S/C71H104O33/c1-29-54(100-59-50(85)44(79)37(76)26-94-59)49(84)53(88)60(95-29)102-57-56(101-61-51(86)48(83)46(81)39(98-61)27-93-31(3)74)55(99-43(78)17-12-32-10-13-33(92-9)14-11-32)30(2)96-63(57)104-65(91)71-21-20-70(28-73)34(35(71)22-66(4,5)24-42(71)77)15-16-40-67(6)23-36(75)58(69(8,64(89)90)41(67)18-19-68(40,70)7)103-62-52(87)47(82)45(80)38(25-72)97-62/h10-15,17,29-30,35-42,44-63,72-73,75-77,79-88H,16,18-28H2,1-9H3,(H,89,90)/b17-12+/t29-,30+,35-,36-,37+,38+,39+,40+,41+,42+,44-,45+,46+,47-,48-,49-,50+,51+,52+,53+,54-,55-,56-,57+,58-,59-,60-,61-,62-,63-,67+,68+,69-,70-,71-/m0/s1. The van der Waals surface area contributed by atoms with E-state index in [1.165, 1.54) is 34.0 Å². The normalized spacial score (nSPS) is 48.6. The van der Waals surface area contributed by atoms with E-state index in [-0.39, 0.29) is 51.4 Å². The molecule has 0 aromatic heterocycles. The van der Waals surface area contributed by atoms with Crippen molar-refractivity contribution in [2.45, 2.75) is 272 Å². The number of hydrogen-bond acceptors (Lipinski definition) is 32. The van der Waals surface area contributed by atoms with Gasteiger partial charge in [0.1, 0.15) is 115 Å². The van der Waals surface area contributed by atoms with Crippen LogP contribution in [0.3, 0.4) is 0 Å². The Balaban J connectivity index is 0.960. The number of aliphatic hydroxyl groups is 15. The average molecular weight is 1490 g/mol. The number of esters is 3. The fourth-order valence-electron chi connectivity index (χ4n) is 19.4. The van der Waals surface area contributed by atoms with Crippen LogP contribution < -0.4 is 4.74 Å². The smallest absolute Gasteiger partial charge is 0.331 e. The molecule has 5 heterocycles. The summed E-state index contributed by atoms with van der Waals surface area (Å²) < 4.78 is 78.5. The number of carboxylic acids is 1. The van der Waals surface area contributed by atoms with E-state index >= 15 is 4.79 Å². The minimum absolute atomic E-state index is 0.00656. The van der Waals surface area contributed by atoms with Crippen molar-refractivity contribution < 1.29 is 162 Å². The van der Waals surface area contributed by atoms with Crippen LogP contribution in [0.15, 0.2) is 42.0 Å². The Hall–Kier alpha value is -4.58. The molecule has 5 aliphatic heterocycles. The van der Waals surface area contributed by atoms with Gasteiger partial charge >= 0.3 is 23.9 Å². The lowest BCUT2D eigenvalue weighted by atomic mass is 9.33. The van der Waals surface area contributed by atoms with E-state index in [0.29, 0.717) is 16.9 Å². The average Bonchev–Trinajstić information content (AvgIpc) is 0.667. The fourth-order valence-corrected chi connectivity index (χ4v) is 19.4. The molecule has 1 aromatic carbocycles. The van der Waals surface area contributed by atoms with Crippen molar-refractivity contribution in [1.29, 1.82) is 0 Å². The molecule has 5 saturated heterocycles. The first-order chi connectivity index (χ1) is 48.9. The van der Waals surface area contributed by atoms with Gasteiger partial charge in [-0.05, 0) is 130 Å². The first kappa shape index (κ1) is 80.4. The Kier molecular flexibility index (Phi) is 23.7. The minimum Gasteiger partial charge on any atom is -0.497 e. The number of allylic oxidation sites excluding steroid dienone is 1. The van der Waals surface area contributed by atoms with Gasteiger partial charge in [0.2, 0.25) is 6.29 Å². The zero-order chi connectivity index (χ0) is 76.0. The number of hydrogen-bond donors (Lipinski definition) is 16. The predicted octanol–water partition coefficient (Wildman–Crippen LogP) is -2.69. The topological polar surface area (TPSA) is 512 Å². The quantitative estimate of drug-likeness (QED) is 0.0220. The van der Waals surface area contributed by atoms with Crippen LogP contribution in [0.25, 0.3) is 6.08 Å². The second-order valence-electron chi connectivity index (χ2n) is 31.7. The zero-order valence-electron chi connectivity index (χ0n) is 59.4. The lowest BCUT2D eigenvalue weighted by Gasteiger charge is -2.71. The van der Waals surface area contributed by atoms with Gasteiger partial charge in [0.05, 0.1) is 56.8 Å². The summed E-state index contributed by atoms with van der Waals surface area (Å²) in [6.45, 7) is 10.5. The zero-order valence-corrected chi connectivity index (χ0v) is 59.4. The Bertz CT molecular complexity index is 3260. The summed E-state index contributed by atoms with van der Waals surface area (Å²) in [4.78, 5) is 56.7. The van der Waals surface area contributed by atoms with Crippen molar-refractivity contribution in [3.8, 4) is 5.75 Å². The molecule has 10 aliphatic rings. The van der Waals surface area contributed by atoms with Crippen LogP contribution in [-0.2, 0) is 76.0 Å². The number of rotatable bonds is 19. The van der Waals surface area contributed by atoms with Gasteiger partial charge in [-0.2, -0.15) is 0 Å². The number of carbonyl (C=O) groups excluding carboxylic acids is 3. The van der Waals surface area contributed by atoms with E-state index in [4.69, 9.17) is 61.6 Å². The second-order valence-corrected chi connectivity index (χ2v) is 31.7. The van der Waals surface area contributed by atoms with Crippen molar-refractivity contribution >= 4 is 30.0 Å². The third-order valence-corrected chi connectivity index (χ3v) is 25.1. The van der Waals surface area contributed by atoms with Gasteiger partial charge < -0.3 is 143 Å². The van der Waals surface area contributed by atoms with Gasteiger partial charge in [-0.3, -0.25) is 14.4 Å². The van der Waals surface area contributed by atoms with Crippen molar-refractivity contribution in [2.24, 2.45) is 50.2 Å². The third kappa shape index (κ3) is 14.1. The van der Waals surface area contributed by atoms with E-state index in [2.05, 4.69) is 0 Å². The fraction of sp³-hybridized carbons (Fsp3) is 0.803. The highest BCUT2D eigenvalue weighted by molar-refractivity contribution is 5.87. The molecule has 104 heavy (non-hydrogen) atoms. The van der Waals surface area contributed by atoms with Crippen LogP contribution in [0.4, 0.5) is 0 Å². The summed E-state index contributed by atoms with van der Waals surface area (Å²) in [6, 6.07) is 6.55. The van der Waals surface area contributed by atoms with Gasteiger partial charge in [-0.15, -0.1) is 0 Å². The molecular formula is C71H104O33. The maximum atomic E-state index is 16.4. The number of carbonyl (C=O) groups is 4. The molecule has 4 saturated carbocycles. The van der Waals surface area contributed by atoms with E-state index in [0.717, 1.165) is 13.0 Å². The Labute approximate surface area is 600 Å². The highest BCUT2D eigenvalue weighted by atomic mass is 16.8. The molecule has 33 nitrogen and oxygen atoms in total. The molecule has 35 atom stereocenters. The van der Waals surface area contributed by atoms with Crippen LogP contribution in [-0.4, -0.2) is 305 Å². The van der Waals surface area contributed by atoms with Gasteiger partial charge in [-0.25, -0.2) is 4.79 Å². The minimum atomic E-state index is -2.18. The van der Waals surface area contributed by atoms with Crippen LogP contribution in [0, 0.1) is 50.2 Å². The van der Waals surface area contributed by atoms with Crippen molar-refractivity contribution in [2.75, 3.05) is 33.5 Å². The van der Waals surface area contributed by atoms with Crippen molar-refractivity contribution in [3.63, 3.8) is 0 Å². The Morgan fingerprint density at radius 3 is 1.82 bits per heavy atom. The number of benzene rings is 1. The summed E-state index contributed by atoms with van der Waals surface area (Å²) in [5.41, 5.74) is -6.65. The summed E-state index contributed by atoms with van der Waals surface area (Å²) in [6.07, 6.45) is -43.6. The molecule has 0 spiro atoms. The molecule has 9 fully saturated rings. The second kappa shape index (κ2) is 30.7. The predicted molar refractivity (Wildman–Crippen MR) is 348 cm³/mol. The molecule has 0 bridgehead atoms. The van der Waals surface area contributed by atoms with Crippen molar-refractivity contribution in [1.82, 2.24) is 0 Å². The van der Waals surface area contributed by atoms with E-state index in [9.17, 15) is 96.1 Å². The third-order valence-electron chi connectivity index (χ3n) is 25.1. The Morgan fingerprint density at radius 1 is 0.596 bits per heavy atom. The molecule has 0 radical (unpaired) electrons. The molecule has 0 unspecified atom stereocenters. The van der Waals surface area contributed by atoms with E-state index in [1.54, 1.807) is 24.3 Å². The summed E-state index contributed by atoms with van der Waals surface area (Å²) in [7, 11) is 1.47. The number of aliphatic hydroxyl groups excluding tert-OH is 15. The largest absolute Gasteiger partial charge is 0.497 e. The highest BCUT2D eigenvalue weighted by Gasteiger charge is 2.75. The maximum Gasteiger partial charge on any atom is 0.331 e. The number of carboxylic acid groups (broad SMARTS) is 1. The number of fused-ring (bicyclic) bond motifs is 7. The lowest BCUT2D eigenvalue weighted by molar-refractivity contribution is -0.391. The first-order valence-electron chi connectivity index (χ1n) is 35.6. The van der Waals surface area contributed by atoms with Crippen LogP contribution in [0.5, 0.6) is 5.75 Å². The number of methoxy groups -OCH3 is 1. The summed E-state index contributed by atoms with van der Waals surface area (Å²) >= 11 is 0. The summed E-state index contributed by atoms with van der Waals surface area (Å²) in [5, 5.41) is 181. The number of ether oxygens (including phenoxy) is 13. The lowest BCUT2D eigenvalue weighted by Crippen LogP contribution is -2.71. The van der Waals surface area contributed by atoms with Crippen LogP contribution in [0.1, 0.15) is 112 Å². The molecule has 16 N–H and O–H groups in total. The molecule has 33 heteroatoms. The van der Waals surface area contributed by atoms with Crippen molar-refractivity contribution in [3.05, 3.63) is 47.6 Å². The van der Waals surface area contributed by atoms with E-state index < -0.39 is 266 Å². The molecule has 5 aliphatic carbocycles. The summed E-state index contributed by atoms with van der Waals surface area (Å²) in [5.74, 6) is -6.01. The molecule has 11 rings (SSSR count). The van der Waals surface area contributed by atoms with Crippen LogP contribution >= 0.6 is 0 Å². The molecule has 1 aromatic rings. The molecule has 0 amide bonds. The van der Waals surface area contributed by atoms with Gasteiger partial charge in [-0.1, -0.05) is 51.5 Å². The monoisotopic (exact) mass is 1480 g/mol. The van der Waals surface area contributed by atoms with Gasteiger partial charge in [0.25, 0.3) is 0 Å². The highest BCUT2D eigenvalue weighted by Crippen LogP contribution is 2.76. The van der Waals surface area contributed by atoms with Crippen LogP contribution in [0.2, 0.25) is 0 Å². The SMILES string of the molecule is COc1ccc(/C=C/C(=O)O[C@@H]2[C@H](O[C@@H]3O[C@H](COC(C)=O)[C@@H](O)[C@H](O)[C@H]3O)[C@@H](O[C@@H]3O[C@@H](C)[C@H](O[C@@H]4OC[C@@H](O)[C@H](O)[C@H]4O)[C@@H](O)[C@H]3O)[C@H](OC(=O)[C@@]34CC[C@]5(CO)C(=CC[C@@H]6[C@@]7(C)C[C@H](O)[C@H](O[C@@H]8O[C@H](CO)[C@@H](O)[C@H](O)[C@H]8O)[C@@](C)(C(=O)O)[C@@H]7CC[C@]65C)[C@@H]3CC(C)(C)C[C@H]4O)O[C@@H]2C)cc1. The Morgan fingerprint density at radius 2 is 1.18 bits per heavy atom. The van der Waals surface area contributed by atoms with Gasteiger partial charge in [0.15, 0.2) is 37.4 Å². The first-order valence-corrected chi connectivity index (χ1v) is 35.6. The molecular weight excluding hydrogens is 1380 g/mol. The number of aliphatic carboxylic acids is 1.